The van der Waals surface area contributed by atoms with E-state index in [0.717, 1.165) is 26.2 Å². The lowest BCUT2D eigenvalue weighted by Crippen LogP contribution is -2.26. The highest BCUT2D eigenvalue weighted by molar-refractivity contribution is 5.85. The van der Waals surface area contributed by atoms with Crippen LogP contribution in [0.15, 0.2) is 24.3 Å². The van der Waals surface area contributed by atoms with Gasteiger partial charge in [-0.1, -0.05) is 18.2 Å². The van der Waals surface area contributed by atoms with Gasteiger partial charge in [-0.15, -0.1) is 25.6 Å². The smallest absolute Gasteiger partial charge is 0.405 e. The van der Waals surface area contributed by atoms with Crippen LogP contribution in [0.5, 0.6) is 5.75 Å². The standard InChI is InChI=1S/C14H17F3N2O.ClH/c15-14(16,17)20-13-4-2-1-3-10(13)7-19-8-11-5-18-6-12(11)9-19;/h1-4,11-12,18H,5-9H2;1H/t11-,12+;. The molecule has 3 rings (SSSR count). The van der Waals surface area contributed by atoms with Crippen LogP contribution in [-0.2, 0) is 6.54 Å². The van der Waals surface area contributed by atoms with Gasteiger partial charge in [-0.2, -0.15) is 0 Å². The van der Waals surface area contributed by atoms with E-state index in [4.69, 9.17) is 0 Å². The molecule has 2 atom stereocenters. The highest BCUT2D eigenvalue weighted by atomic mass is 35.5. The Kier molecular flexibility index (Phi) is 5.01. The second-order valence-corrected chi connectivity index (χ2v) is 5.53. The van der Waals surface area contributed by atoms with Crippen molar-refractivity contribution in [3.63, 3.8) is 0 Å². The van der Waals surface area contributed by atoms with Gasteiger partial charge in [0.2, 0.25) is 0 Å². The average Bonchev–Trinajstić information content (AvgIpc) is 2.90. The van der Waals surface area contributed by atoms with Gasteiger partial charge in [-0.25, -0.2) is 0 Å². The van der Waals surface area contributed by atoms with Crippen LogP contribution in [0.2, 0.25) is 0 Å². The first kappa shape index (κ1) is 16.4. The normalized spacial score (nSPS) is 25.5. The van der Waals surface area contributed by atoms with Crippen molar-refractivity contribution in [3.05, 3.63) is 29.8 Å². The fourth-order valence-corrected chi connectivity index (χ4v) is 3.18. The van der Waals surface area contributed by atoms with E-state index in [1.807, 2.05) is 0 Å². The maximum atomic E-state index is 12.4. The zero-order chi connectivity index (χ0) is 14.2. The summed E-state index contributed by atoms with van der Waals surface area (Å²) in [6, 6.07) is 6.39. The second kappa shape index (κ2) is 6.42. The summed E-state index contributed by atoms with van der Waals surface area (Å²) < 4.78 is 41.2. The summed E-state index contributed by atoms with van der Waals surface area (Å²) in [6.45, 7) is 4.43. The quantitative estimate of drug-likeness (QED) is 0.926. The van der Waals surface area contributed by atoms with Crippen LogP contribution >= 0.6 is 12.4 Å². The number of likely N-dealkylation sites (tertiary alicyclic amines) is 1. The van der Waals surface area contributed by atoms with Crippen LogP contribution in [0, 0.1) is 11.8 Å². The molecule has 0 amide bonds. The van der Waals surface area contributed by atoms with E-state index in [1.165, 1.54) is 6.07 Å². The minimum Gasteiger partial charge on any atom is -0.405 e. The first-order valence-corrected chi connectivity index (χ1v) is 6.78. The van der Waals surface area contributed by atoms with Gasteiger partial charge < -0.3 is 10.1 Å². The van der Waals surface area contributed by atoms with Gasteiger partial charge in [-0.05, 0) is 31.0 Å². The topological polar surface area (TPSA) is 24.5 Å². The van der Waals surface area contributed by atoms with Gasteiger partial charge in [0.1, 0.15) is 5.75 Å². The Balaban J connectivity index is 0.00000161. The van der Waals surface area contributed by atoms with E-state index < -0.39 is 6.36 Å². The van der Waals surface area contributed by atoms with Gasteiger partial charge >= 0.3 is 6.36 Å². The second-order valence-electron chi connectivity index (χ2n) is 5.53. The summed E-state index contributed by atoms with van der Waals surface area (Å²) in [5, 5.41) is 3.35. The van der Waals surface area contributed by atoms with E-state index in [9.17, 15) is 13.2 Å². The number of ether oxygens (including phenoxy) is 1. The SMILES string of the molecule is Cl.FC(F)(F)Oc1ccccc1CN1C[C@H]2CNC[C@H]2C1. The summed E-state index contributed by atoms with van der Waals surface area (Å²) in [5.74, 6) is 1.17. The number of halogens is 4. The summed E-state index contributed by atoms with van der Waals surface area (Å²) in [6.07, 6.45) is -4.64. The van der Waals surface area contributed by atoms with E-state index >= 15 is 0 Å². The van der Waals surface area contributed by atoms with Crippen molar-refractivity contribution in [1.29, 1.82) is 0 Å². The number of benzene rings is 1. The monoisotopic (exact) mass is 322 g/mol. The van der Waals surface area contributed by atoms with Crippen LogP contribution in [0.4, 0.5) is 13.2 Å². The molecule has 0 saturated carbocycles. The van der Waals surface area contributed by atoms with Gasteiger partial charge in [-0.3, -0.25) is 4.90 Å². The number of alkyl halides is 3. The first-order valence-electron chi connectivity index (χ1n) is 6.78. The molecule has 0 unspecified atom stereocenters. The Morgan fingerprint density at radius 3 is 2.38 bits per heavy atom. The van der Waals surface area contributed by atoms with Crippen molar-refractivity contribution in [2.75, 3.05) is 26.2 Å². The van der Waals surface area contributed by atoms with Crippen molar-refractivity contribution in [2.45, 2.75) is 12.9 Å². The van der Waals surface area contributed by atoms with Crippen LogP contribution in [0.3, 0.4) is 0 Å². The van der Waals surface area contributed by atoms with Crippen LogP contribution in [0.1, 0.15) is 5.56 Å². The van der Waals surface area contributed by atoms with Crippen LogP contribution in [-0.4, -0.2) is 37.4 Å². The van der Waals surface area contributed by atoms with E-state index in [0.29, 0.717) is 23.9 Å². The van der Waals surface area contributed by atoms with Gasteiger partial charge in [0.15, 0.2) is 0 Å². The van der Waals surface area contributed by atoms with Crippen molar-refractivity contribution >= 4 is 12.4 Å². The Bertz CT molecular complexity index is 472. The molecule has 3 nitrogen and oxygen atoms in total. The summed E-state index contributed by atoms with van der Waals surface area (Å²) in [4.78, 5) is 2.22. The highest BCUT2D eigenvalue weighted by Crippen LogP contribution is 2.31. The molecule has 118 valence electrons. The van der Waals surface area contributed by atoms with Crippen LogP contribution in [0.25, 0.3) is 0 Å². The molecule has 21 heavy (non-hydrogen) atoms. The molecule has 2 saturated heterocycles. The highest BCUT2D eigenvalue weighted by Gasteiger charge is 2.36. The molecule has 1 aromatic carbocycles. The van der Waals surface area contributed by atoms with Crippen molar-refractivity contribution in [3.8, 4) is 5.75 Å². The number of rotatable bonds is 3. The first-order chi connectivity index (χ1) is 9.51. The number of hydrogen-bond donors (Lipinski definition) is 1. The third-order valence-corrected chi connectivity index (χ3v) is 4.06. The molecule has 0 aliphatic carbocycles. The fourth-order valence-electron chi connectivity index (χ4n) is 3.18. The summed E-state index contributed by atoms with van der Waals surface area (Å²) >= 11 is 0. The van der Waals surface area contributed by atoms with Crippen molar-refractivity contribution in [2.24, 2.45) is 11.8 Å². The molecule has 0 spiro atoms. The number of nitrogens with one attached hydrogen (secondary N) is 1. The maximum absolute atomic E-state index is 12.4. The predicted molar refractivity (Wildman–Crippen MR) is 75.5 cm³/mol. The molecule has 7 heteroatoms. The molecule has 2 aliphatic rings. The minimum absolute atomic E-state index is 0. The number of hydrogen-bond acceptors (Lipinski definition) is 3. The number of nitrogens with zero attached hydrogens (tertiary/aromatic N) is 1. The molecule has 1 aromatic rings. The predicted octanol–water partition coefficient (Wildman–Crippen LogP) is 2.66. The molecule has 2 fully saturated rings. The molecule has 0 radical (unpaired) electrons. The molecular weight excluding hydrogens is 305 g/mol. The molecule has 2 aliphatic heterocycles. The van der Waals surface area contributed by atoms with Gasteiger partial charge in [0.05, 0.1) is 0 Å². The molecule has 2 heterocycles. The largest absolute Gasteiger partial charge is 0.573 e. The third kappa shape index (κ3) is 4.02. The molecule has 0 aromatic heterocycles. The zero-order valence-corrected chi connectivity index (χ0v) is 12.2. The van der Waals surface area contributed by atoms with E-state index in [2.05, 4.69) is 15.0 Å². The Morgan fingerprint density at radius 1 is 1.14 bits per heavy atom. The Labute approximate surface area is 127 Å². The van der Waals surface area contributed by atoms with E-state index in [-0.39, 0.29) is 18.2 Å². The van der Waals surface area contributed by atoms with Gasteiger partial charge in [0.25, 0.3) is 0 Å². The summed E-state index contributed by atoms with van der Waals surface area (Å²) in [5.41, 5.74) is 0.595. The molecular formula is C14H18ClF3N2O. The Hall–Kier alpha value is -0.980. The zero-order valence-electron chi connectivity index (χ0n) is 11.4. The average molecular weight is 323 g/mol. The van der Waals surface area contributed by atoms with Crippen molar-refractivity contribution < 1.29 is 17.9 Å². The molecule has 1 N–H and O–H groups in total. The molecule has 0 bridgehead atoms. The fraction of sp³-hybridized carbons (Fsp3) is 0.571. The number of para-hydroxylation sites is 1. The lowest BCUT2D eigenvalue weighted by atomic mass is 10.0. The minimum atomic E-state index is -4.64. The van der Waals surface area contributed by atoms with Gasteiger partial charge in [0, 0.05) is 25.2 Å². The number of fused-ring (bicyclic) bond motifs is 1. The maximum Gasteiger partial charge on any atom is 0.573 e. The third-order valence-electron chi connectivity index (χ3n) is 4.06. The van der Waals surface area contributed by atoms with Crippen LogP contribution < -0.4 is 10.1 Å². The lowest BCUT2D eigenvalue weighted by Gasteiger charge is -2.19. The lowest BCUT2D eigenvalue weighted by molar-refractivity contribution is -0.275. The Morgan fingerprint density at radius 2 is 1.76 bits per heavy atom. The van der Waals surface area contributed by atoms with Crippen molar-refractivity contribution in [1.82, 2.24) is 10.2 Å². The van der Waals surface area contributed by atoms with E-state index in [1.54, 1.807) is 18.2 Å². The summed E-state index contributed by atoms with van der Waals surface area (Å²) in [7, 11) is 0.